The number of rotatable bonds is 2. The number of likely N-dealkylation sites (tertiary alicyclic amines) is 2. The van der Waals surface area contributed by atoms with Crippen molar-refractivity contribution in [1.82, 2.24) is 9.80 Å². The van der Waals surface area contributed by atoms with Crippen molar-refractivity contribution < 1.29 is 18.7 Å². The number of ether oxygens (including phenoxy) is 1. The molecule has 146 valence electrons. The van der Waals surface area contributed by atoms with Crippen molar-refractivity contribution in [3.63, 3.8) is 0 Å². The van der Waals surface area contributed by atoms with Crippen molar-refractivity contribution in [3.05, 3.63) is 30.1 Å². The van der Waals surface area contributed by atoms with Gasteiger partial charge in [-0.1, -0.05) is 6.07 Å². The van der Waals surface area contributed by atoms with Crippen molar-refractivity contribution in [2.45, 2.75) is 50.2 Å². The Hall–Kier alpha value is -2.15. The second kappa shape index (κ2) is 7.46. The number of amides is 3. The summed E-state index contributed by atoms with van der Waals surface area (Å²) in [5.41, 5.74) is 0.170. The van der Waals surface area contributed by atoms with Crippen LogP contribution in [-0.4, -0.2) is 59.6 Å². The van der Waals surface area contributed by atoms with E-state index in [9.17, 15) is 14.0 Å². The van der Waals surface area contributed by atoms with Crippen LogP contribution < -0.4 is 5.32 Å². The van der Waals surface area contributed by atoms with E-state index in [2.05, 4.69) is 5.32 Å². The molecule has 0 saturated carbocycles. The topological polar surface area (TPSA) is 61.9 Å². The number of hydrogen-bond donors (Lipinski definition) is 1. The number of nitrogens with one attached hydrogen (secondary N) is 1. The highest BCUT2D eigenvalue weighted by Crippen LogP contribution is 2.39. The highest BCUT2D eigenvalue weighted by atomic mass is 19.1. The second-order valence-corrected chi connectivity index (χ2v) is 7.79. The summed E-state index contributed by atoms with van der Waals surface area (Å²) in [6, 6.07) is 5.66. The highest BCUT2D eigenvalue weighted by Gasteiger charge is 2.46. The third kappa shape index (κ3) is 3.93. The number of anilines is 1. The average molecular weight is 375 g/mol. The Morgan fingerprint density at radius 1 is 1.07 bits per heavy atom. The van der Waals surface area contributed by atoms with Gasteiger partial charge >= 0.3 is 6.03 Å². The molecule has 3 amide bonds. The van der Waals surface area contributed by atoms with Gasteiger partial charge in [-0.15, -0.1) is 0 Å². The zero-order chi connectivity index (χ0) is 18.9. The van der Waals surface area contributed by atoms with Crippen LogP contribution in [0.3, 0.4) is 0 Å². The summed E-state index contributed by atoms with van der Waals surface area (Å²) in [6.07, 6.45) is 4.94. The lowest BCUT2D eigenvalue weighted by atomic mass is 9.88. The molecule has 1 atom stereocenters. The number of carbonyl (C=O) groups excluding carboxylic acids is 2. The molecule has 1 aromatic carbocycles. The lowest BCUT2D eigenvalue weighted by molar-refractivity contribution is -0.149. The standard InChI is InChI=1S/C20H26FN3O3/c21-15-4-3-5-16(14-15)22-19(26)24-12-8-20(9-13-24)7-6-17(27-20)18(25)23-10-1-2-11-23/h3-5,14,17H,1-2,6-13H2,(H,22,26)/t17-/m1/s1. The van der Waals surface area contributed by atoms with Crippen LogP contribution in [0.15, 0.2) is 24.3 Å². The van der Waals surface area contributed by atoms with E-state index in [1.54, 1.807) is 17.0 Å². The summed E-state index contributed by atoms with van der Waals surface area (Å²) in [5, 5.41) is 2.74. The SMILES string of the molecule is O=C(Nc1cccc(F)c1)N1CCC2(CC[C@H](C(=O)N3CCCC3)O2)CC1. The number of piperidine rings is 1. The summed E-state index contributed by atoms with van der Waals surface area (Å²) in [6.45, 7) is 2.84. The molecule has 0 radical (unpaired) electrons. The van der Waals surface area contributed by atoms with Gasteiger partial charge in [0.05, 0.1) is 5.60 Å². The minimum atomic E-state index is -0.376. The molecule has 0 aromatic heterocycles. The van der Waals surface area contributed by atoms with Crippen molar-refractivity contribution in [1.29, 1.82) is 0 Å². The molecule has 0 bridgehead atoms. The normalized spacial score (nSPS) is 24.4. The molecule has 3 heterocycles. The number of hydrogen-bond acceptors (Lipinski definition) is 3. The van der Waals surface area contributed by atoms with E-state index in [1.165, 1.54) is 12.1 Å². The molecular weight excluding hydrogens is 349 g/mol. The molecule has 3 saturated heterocycles. The van der Waals surface area contributed by atoms with Crippen LogP contribution in [0.25, 0.3) is 0 Å². The maximum Gasteiger partial charge on any atom is 0.321 e. The van der Waals surface area contributed by atoms with Crippen LogP contribution in [0.4, 0.5) is 14.9 Å². The fourth-order valence-electron chi connectivity index (χ4n) is 4.38. The largest absolute Gasteiger partial charge is 0.362 e. The Morgan fingerprint density at radius 3 is 2.52 bits per heavy atom. The monoisotopic (exact) mass is 375 g/mol. The molecule has 3 fully saturated rings. The minimum absolute atomic E-state index is 0.135. The lowest BCUT2D eigenvalue weighted by Gasteiger charge is -2.39. The molecule has 4 rings (SSSR count). The summed E-state index contributed by atoms with van der Waals surface area (Å²) in [7, 11) is 0. The highest BCUT2D eigenvalue weighted by molar-refractivity contribution is 5.89. The first-order chi connectivity index (χ1) is 13.0. The van der Waals surface area contributed by atoms with Gasteiger partial charge in [-0.05, 0) is 56.7 Å². The van der Waals surface area contributed by atoms with Crippen LogP contribution in [0.5, 0.6) is 0 Å². The van der Waals surface area contributed by atoms with Gasteiger partial charge in [-0.25, -0.2) is 9.18 Å². The summed E-state index contributed by atoms with van der Waals surface area (Å²) in [5.74, 6) is -0.242. The molecule has 0 aliphatic carbocycles. The summed E-state index contributed by atoms with van der Waals surface area (Å²) >= 11 is 0. The van der Waals surface area contributed by atoms with Crippen molar-refractivity contribution in [3.8, 4) is 0 Å². The van der Waals surface area contributed by atoms with E-state index >= 15 is 0 Å². The smallest absolute Gasteiger partial charge is 0.321 e. The first kappa shape index (κ1) is 18.2. The van der Waals surface area contributed by atoms with E-state index in [4.69, 9.17) is 4.74 Å². The predicted molar refractivity (Wildman–Crippen MR) is 98.9 cm³/mol. The maximum absolute atomic E-state index is 13.3. The molecule has 3 aliphatic rings. The molecule has 27 heavy (non-hydrogen) atoms. The third-order valence-corrected chi connectivity index (χ3v) is 5.99. The van der Waals surface area contributed by atoms with Gasteiger partial charge in [0.15, 0.2) is 0 Å². The summed E-state index contributed by atoms with van der Waals surface area (Å²) < 4.78 is 19.5. The fourth-order valence-corrected chi connectivity index (χ4v) is 4.38. The maximum atomic E-state index is 13.3. The van der Waals surface area contributed by atoms with Gasteiger partial charge in [-0.2, -0.15) is 0 Å². The van der Waals surface area contributed by atoms with Gasteiger partial charge < -0.3 is 19.9 Å². The summed E-state index contributed by atoms with van der Waals surface area (Å²) in [4.78, 5) is 28.6. The van der Waals surface area contributed by atoms with Gasteiger partial charge in [0, 0.05) is 31.9 Å². The van der Waals surface area contributed by atoms with E-state index in [1.807, 2.05) is 4.90 Å². The van der Waals surface area contributed by atoms with Crippen LogP contribution in [0.1, 0.15) is 38.5 Å². The first-order valence-electron chi connectivity index (χ1n) is 9.83. The van der Waals surface area contributed by atoms with Crippen LogP contribution in [-0.2, 0) is 9.53 Å². The van der Waals surface area contributed by atoms with E-state index in [0.29, 0.717) is 18.8 Å². The number of nitrogens with zero attached hydrogens (tertiary/aromatic N) is 2. The van der Waals surface area contributed by atoms with E-state index < -0.39 is 0 Å². The lowest BCUT2D eigenvalue weighted by Crippen LogP contribution is -2.48. The van der Waals surface area contributed by atoms with Gasteiger partial charge in [-0.3, -0.25) is 4.79 Å². The molecular formula is C20H26FN3O3. The molecule has 1 aromatic rings. The predicted octanol–water partition coefficient (Wildman–Crippen LogP) is 2.99. The second-order valence-electron chi connectivity index (χ2n) is 7.79. The van der Waals surface area contributed by atoms with Gasteiger partial charge in [0.1, 0.15) is 11.9 Å². The van der Waals surface area contributed by atoms with E-state index in [0.717, 1.165) is 51.6 Å². The van der Waals surface area contributed by atoms with Gasteiger partial charge in [0.25, 0.3) is 5.91 Å². The van der Waals surface area contributed by atoms with Crippen LogP contribution in [0.2, 0.25) is 0 Å². The molecule has 1 spiro atoms. The zero-order valence-corrected chi connectivity index (χ0v) is 15.5. The molecule has 7 heteroatoms. The number of benzene rings is 1. The number of halogens is 1. The van der Waals surface area contributed by atoms with Gasteiger partial charge in [0.2, 0.25) is 0 Å². The fraction of sp³-hybridized carbons (Fsp3) is 0.600. The molecule has 1 N–H and O–H groups in total. The Labute approximate surface area is 158 Å². The molecule has 6 nitrogen and oxygen atoms in total. The average Bonchev–Trinajstić information content (AvgIpc) is 3.32. The van der Waals surface area contributed by atoms with E-state index in [-0.39, 0.29) is 29.5 Å². The molecule has 0 unspecified atom stereocenters. The number of carbonyl (C=O) groups is 2. The zero-order valence-electron chi connectivity index (χ0n) is 15.5. The third-order valence-electron chi connectivity index (χ3n) is 5.99. The van der Waals surface area contributed by atoms with Crippen molar-refractivity contribution in [2.75, 3.05) is 31.5 Å². The quantitative estimate of drug-likeness (QED) is 0.864. The van der Waals surface area contributed by atoms with Crippen LogP contribution >= 0.6 is 0 Å². The van der Waals surface area contributed by atoms with Crippen LogP contribution in [0, 0.1) is 5.82 Å². The minimum Gasteiger partial charge on any atom is -0.362 e. The van der Waals surface area contributed by atoms with Crippen molar-refractivity contribution >= 4 is 17.6 Å². The Balaban J connectivity index is 1.29. The first-order valence-corrected chi connectivity index (χ1v) is 9.83. The molecule has 3 aliphatic heterocycles. The Morgan fingerprint density at radius 2 is 1.81 bits per heavy atom. The van der Waals surface area contributed by atoms with Crippen molar-refractivity contribution in [2.24, 2.45) is 0 Å². The Bertz CT molecular complexity index is 712. The Kier molecular flexibility index (Phi) is 5.04. The number of urea groups is 1.